The number of unbranched alkanes of at least 4 members (excludes halogenated alkanes) is 8. The molecule has 3 aromatic rings. The number of rotatable bonds is 20. The van der Waals surface area contributed by atoms with E-state index in [0.717, 1.165) is 36.5 Å². The molecule has 246 valence electrons. The van der Waals surface area contributed by atoms with Gasteiger partial charge in [0.25, 0.3) is 0 Å². The average Bonchev–Trinajstić information content (AvgIpc) is 3.90. The first-order valence-corrected chi connectivity index (χ1v) is 16.6. The van der Waals surface area contributed by atoms with E-state index in [4.69, 9.17) is 23.7 Å². The highest BCUT2D eigenvalue weighted by atomic mass is 16.6. The van der Waals surface area contributed by atoms with Gasteiger partial charge in [-0.2, -0.15) is 0 Å². The van der Waals surface area contributed by atoms with Crippen LogP contribution in [0, 0.1) is 0 Å². The van der Waals surface area contributed by atoms with E-state index in [1.807, 2.05) is 36.4 Å². The Hall–Kier alpha value is -4.17. The minimum absolute atomic E-state index is 0.199. The predicted molar refractivity (Wildman–Crippen MR) is 176 cm³/mol. The van der Waals surface area contributed by atoms with Crippen LogP contribution in [0.15, 0.2) is 72.8 Å². The van der Waals surface area contributed by atoms with Gasteiger partial charge in [0.1, 0.15) is 11.5 Å². The molecule has 3 aromatic carbocycles. The molecule has 0 bridgehead atoms. The second-order valence-electron chi connectivity index (χ2n) is 11.6. The van der Waals surface area contributed by atoms with Crippen LogP contribution in [0.2, 0.25) is 0 Å². The molecule has 8 nitrogen and oxygen atoms in total. The standard InChI is InChI=1S/C38H46O8/c1-3-42-36(39)28(2)45-37(40)32-20-24-34(25-21-32)46-38(41)31-16-14-29(15-17-31)30-18-22-33(23-19-30)43-26-12-10-8-6-4-5-7-9-11-13-35-27-44-35/h14-25,28,35H,3-13,26-27H2,1-2H3. The van der Waals surface area contributed by atoms with E-state index < -0.39 is 24.0 Å². The van der Waals surface area contributed by atoms with E-state index in [-0.39, 0.29) is 17.9 Å². The van der Waals surface area contributed by atoms with E-state index in [9.17, 15) is 14.4 Å². The van der Waals surface area contributed by atoms with Gasteiger partial charge in [-0.15, -0.1) is 0 Å². The fourth-order valence-electron chi connectivity index (χ4n) is 5.04. The Morgan fingerprint density at radius 1 is 0.696 bits per heavy atom. The van der Waals surface area contributed by atoms with Crippen molar-refractivity contribution in [1.29, 1.82) is 0 Å². The molecule has 1 aliphatic rings. The SMILES string of the molecule is CCOC(=O)C(C)OC(=O)c1ccc(OC(=O)c2ccc(-c3ccc(OCCCCCCCCCCCC4CO4)cc3)cc2)cc1. The fraction of sp³-hybridized carbons (Fsp3) is 0.447. The molecule has 0 amide bonds. The van der Waals surface area contributed by atoms with E-state index in [1.54, 1.807) is 19.1 Å². The van der Waals surface area contributed by atoms with Crippen molar-refractivity contribution >= 4 is 17.9 Å². The molecular weight excluding hydrogens is 584 g/mol. The first kappa shape index (κ1) is 34.7. The van der Waals surface area contributed by atoms with Crippen LogP contribution in [-0.2, 0) is 19.0 Å². The third-order valence-corrected chi connectivity index (χ3v) is 7.85. The highest BCUT2D eigenvalue weighted by Crippen LogP contribution is 2.24. The van der Waals surface area contributed by atoms with Gasteiger partial charge < -0.3 is 23.7 Å². The summed E-state index contributed by atoms with van der Waals surface area (Å²) in [5.74, 6) is -0.672. The van der Waals surface area contributed by atoms with Crippen molar-refractivity contribution in [3.05, 3.63) is 83.9 Å². The van der Waals surface area contributed by atoms with Gasteiger partial charge in [-0.25, -0.2) is 14.4 Å². The summed E-state index contributed by atoms with van der Waals surface area (Å²) in [6.07, 6.45) is 12.3. The second-order valence-corrected chi connectivity index (χ2v) is 11.6. The average molecular weight is 631 g/mol. The highest BCUT2D eigenvalue weighted by molar-refractivity contribution is 5.93. The lowest BCUT2D eigenvalue weighted by Gasteiger charge is -2.12. The zero-order chi connectivity index (χ0) is 32.6. The number of esters is 3. The third-order valence-electron chi connectivity index (χ3n) is 7.85. The van der Waals surface area contributed by atoms with E-state index in [1.165, 1.54) is 89.0 Å². The summed E-state index contributed by atoms with van der Waals surface area (Å²) in [5, 5.41) is 0. The van der Waals surface area contributed by atoms with Crippen molar-refractivity contribution in [3.8, 4) is 22.6 Å². The number of carbonyl (C=O) groups excluding carboxylic acids is 3. The minimum atomic E-state index is -1.02. The molecule has 1 fully saturated rings. The molecule has 0 N–H and O–H groups in total. The zero-order valence-electron chi connectivity index (χ0n) is 27.0. The molecule has 0 aliphatic carbocycles. The molecule has 1 heterocycles. The monoisotopic (exact) mass is 630 g/mol. The Labute approximate surface area is 272 Å². The van der Waals surface area contributed by atoms with Crippen LogP contribution in [0.5, 0.6) is 11.5 Å². The van der Waals surface area contributed by atoms with Gasteiger partial charge in [0.15, 0.2) is 6.10 Å². The quantitative estimate of drug-likeness (QED) is 0.0531. The molecule has 0 aromatic heterocycles. The normalized spacial score (nSPS) is 14.3. The van der Waals surface area contributed by atoms with E-state index in [0.29, 0.717) is 11.7 Å². The van der Waals surface area contributed by atoms with Gasteiger partial charge in [0, 0.05) is 0 Å². The van der Waals surface area contributed by atoms with Crippen molar-refractivity contribution < 1.29 is 38.1 Å². The Balaban J connectivity index is 1.12. The van der Waals surface area contributed by atoms with Crippen molar-refractivity contribution in [2.45, 2.75) is 90.3 Å². The number of hydrogen-bond donors (Lipinski definition) is 0. The fourth-order valence-corrected chi connectivity index (χ4v) is 5.04. The van der Waals surface area contributed by atoms with Gasteiger partial charge in [-0.05, 0) is 86.3 Å². The molecule has 46 heavy (non-hydrogen) atoms. The Morgan fingerprint density at radius 2 is 1.20 bits per heavy atom. The van der Waals surface area contributed by atoms with Gasteiger partial charge in [-0.3, -0.25) is 0 Å². The molecule has 8 heteroatoms. The largest absolute Gasteiger partial charge is 0.494 e. The maximum absolute atomic E-state index is 12.7. The summed E-state index contributed by atoms with van der Waals surface area (Å²) in [7, 11) is 0. The van der Waals surface area contributed by atoms with Crippen LogP contribution >= 0.6 is 0 Å². The van der Waals surface area contributed by atoms with E-state index in [2.05, 4.69) is 0 Å². The molecule has 1 aliphatic heterocycles. The van der Waals surface area contributed by atoms with Crippen LogP contribution in [-0.4, -0.2) is 49.9 Å². The number of epoxide rings is 1. The van der Waals surface area contributed by atoms with Crippen LogP contribution in [0.25, 0.3) is 11.1 Å². The summed E-state index contributed by atoms with van der Waals surface area (Å²) < 4.78 is 26.6. The highest BCUT2D eigenvalue weighted by Gasteiger charge is 2.21. The van der Waals surface area contributed by atoms with Crippen LogP contribution in [0.4, 0.5) is 0 Å². The molecule has 2 unspecified atom stereocenters. The third kappa shape index (κ3) is 12.0. The lowest BCUT2D eigenvalue weighted by Crippen LogP contribution is -2.26. The molecule has 0 saturated carbocycles. The Morgan fingerprint density at radius 3 is 1.78 bits per heavy atom. The number of benzene rings is 3. The van der Waals surface area contributed by atoms with Gasteiger partial charge in [-0.1, -0.05) is 75.6 Å². The van der Waals surface area contributed by atoms with Crippen LogP contribution < -0.4 is 9.47 Å². The van der Waals surface area contributed by atoms with Crippen molar-refractivity contribution in [2.75, 3.05) is 19.8 Å². The first-order valence-electron chi connectivity index (χ1n) is 16.6. The van der Waals surface area contributed by atoms with Crippen LogP contribution in [0.1, 0.15) is 98.8 Å². The zero-order valence-corrected chi connectivity index (χ0v) is 27.0. The summed E-state index contributed by atoms with van der Waals surface area (Å²) in [6.45, 7) is 5.03. The van der Waals surface area contributed by atoms with Crippen molar-refractivity contribution in [2.24, 2.45) is 0 Å². The molecule has 0 spiro atoms. The molecule has 0 radical (unpaired) electrons. The first-order chi connectivity index (χ1) is 22.4. The summed E-state index contributed by atoms with van der Waals surface area (Å²) >= 11 is 0. The lowest BCUT2D eigenvalue weighted by molar-refractivity contribution is -0.152. The van der Waals surface area contributed by atoms with Crippen molar-refractivity contribution in [1.82, 2.24) is 0 Å². The number of carbonyl (C=O) groups is 3. The lowest BCUT2D eigenvalue weighted by atomic mass is 10.0. The molecular formula is C38H46O8. The maximum atomic E-state index is 12.7. The summed E-state index contributed by atoms with van der Waals surface area (Å²) in [5.41, 5.74) is 2.61. The van der Waals surface area contributed by atoms with Gasteiger partial charge in [0.05, 0.1) is 37.1 Å². The molecule has 2 atom stereocenters. The minimum Gasteiger partial charge on any atom is -0.494 e. The summed E-state index contributed by atoms with van der Waals surface area (Å²) in [4.78, 5) is 36.7. The van der Waals surface area contributed by atoms with E-state index >= 15 is 0 Å². The predicted octanol–water partition coefficient (Wildman–Crippen LogP) is 8.36. The second kappa shape index (κ2) is 18.7. The Kier molecular flexibility index (Phi) is 14.1. The smallest absolute Gasteiger partial charge is 0.347 e. The molecule has 4 rings (SSSR count). The number of hydrogen-bond acceptors (Lipinski definition) is 8. The van der Waals surface area contributed by atoms with Crippen LogP contribution in [0.3, 0.4) is 0 Å². The van der Waals surface area contributed by atoms with Crippen molar-refractivity contribution in [3.63, 3.8) is 0 Å². The Bertz CT molecular complexity index is 1360. The van der Waals surface area contributed by atoms with Gasteiger partial charge >= 0.3 is 17.9 Å². The van der Waals surface area contributed by atoms with Gasteiger partial charge in [0.2, 0.25) is 0 Å². The maximum Gasteiger partial charge on any atom is 0.347 e. The summed E-state index contributed by atoms with van der Waals surface area (Å²) in [6, 6.07) is 21.1. The molecule has 1 saturated heterocycles. The topological polar surface area (TPSA) is 101 Å². The number of ether oxygens (including phenoxy) is 5.